The molecule has 1 aromatic heterocycles. The van der Waals surface area contributed by atoms with Crippen LogP contribution in [0.15, 0.2) is 12.5 Å². The number of carbonyl (C=O) groups is 1. The lowest BCUT2D eigenvalue weighted by atomic mass is 10.3. The molecule has 0 spiro atoms. The molecule has 4 nitrogen and oxygen atoms in total. The lowest BCUT2D eigenvalue weighted by molar-refractivity contribution is -0.132. The van der Waals surface area contributed by atoms with Crippen molar-refractivity contribution in [3.05, 3.63) is 12.5 Å². The molecule has 0 aromatic carbocycles. The second-order valence-electron chi connectivity index (χ2n) is 2.94. The summed E-state index contributed by atoms with van der Waals surface area (Å²) in [4.78, 5) is 14.5. The Bertz CT molecular complexity index is 299. The van der Waals surface area contributed by atoms with E-state index in [0.29, 0.717) is 5.88 Å². The number of hydrogen-bond acceptors (Lipinski definition) is 3. The first-order valence-corrected chi connectivity index (χ1v) is 5.60. The van der Waals surface area contributed by atoms with Crippen LogP contribution < -0.4 is 4.74 Å². The number of ether oxygens (including phenoxy) is 1. The van der Waals surface area contributed by atoms with Gasteiger partial charge in [0.25, 0.3) is 0 Å². The van der Waals surface area contributed by atoms with Crippen LogP contribution in [0.1, 0.15) is 19.8 Å². The summed E-state index contributed by atoms with van der Waals surface area (Å²) in [5.74, 6) is 0.0343. The molecule has 0 radical (unpaired) electrons. The van der Waals surface area contributed by atoms with E-state index < -0.39 is 0 Å². The van der Waals surface area contributed by atoms with Crippen molar-refractivity contribution < 1.29 is 9.53 Å². The third kappa shape index (κ3) is 3.91. The summed E-state index contributed by atoms with van der Waals surface area (Å²) in [5.41, 5.74) is 0. The molecule has 0 aliphatic carbocycles. The molecule has 0 atom stereocenters. The van der Waals surface area contributed by atoms with E-state index in [1.165, 1.54) is 6.92 Å². The minimum Gasteiger partial charge on any atom is -0.406 e. The van der Waals surface area contributed by atoms with Gasteiger partial charge in [0.15, 0.2) is 0 Å². The highest BCUT2D eigenvalue weighted by Crippen LogP contribution is 2.07. The zero-order valence-electron chi connectivity index (χ0n) is 8.07. The first kappa shape index (κ1) is 11.2. The van der Waals surface area contributed by atoms with Crippen molar-refractivity contribution >= 4 is 21.9 Å². The Balaban J connectivity index is 2.38. The van der Waals surface area contributed by atoms with Crippen molar-refractivity contribution in [3.63, 3.8) is 0 Å². The molecule has 0 N–H and O–H groups in total. The summed E-state index contributed by atoms with van der Waals surface area (Å²) < 4.78 is 6.74. The van der Waals surface area contributed by atoms with Crippen LogP contribution in [0.2, 0.25) is 0 Å². The quantitative estimate of drug-likeness (QED) is 0.462. The normalized spacial score (nSPS) is 10.1. The Morgan fingerprint density at radius 1 is 1.64 bits per heavy atom. The van der Waals surface area contributed by atoms with E-state index in [0.717, 1.165) is 24.7 Å². The number of hydrogen-bond donors (Lipinski definition) is 0. The highest BCUT2D eigenvalue weighted by molar-refractivity contribution is 9.09. The van der Waals surface area contributed by atoms with Gasteiger partial charge in [-0.05, 0) is 12.8 Å². The third-order valence-electron chi connectivity index (χ3n) is 1.66. The average Bonchev–Trinajstić information content (AvgIpc) is 2.52. The van der Waals surface area contributed by atoms with Gasteiger partial charge in [0, 0.05) is 18.8 Å². The Kier molecular flexibility index (Phi) is 4.65. The summed E-state index contributed by atoms with van der Waals surface area (Å²) >= 11 is 3.37. The van der Waals surface area contributed by atoms with Gasteiger partial charge < -0.3 is 9.30 Å². The maximum Gasteiger partial charge on any atom is 0.309 e. The SMILES string of the molecule is CC(=O)Oc1cn(CCCCBr)cn1. The number of imidazole rings is 1. The summed E-state index contributed by atoms with van der Waals surface area (Å²) in [6.45, 7) is 2.27. The molecule has 14 heavy (non-hydrogen) atoms. The number of esters is 1. The minimum atomic E-state index is -0.337. The van der Waals surface area contributed by atoms with Crippen LogP contribution in [0.4, 0.5) is 0 Å². The fourth-order valence-corrected chi connectivity index (χ4v) is 1.45. The largest absolute Gasteiger partial charge is 0.406 e. The first-order chi connectivity index (χ1) is 6.72. The smallest absolute Gasteiger partial charge is 0.309 e. The zero-order valence-corrected chi connectivity index (χ0v) is 9.66. The summed E-state index contributed by atoms with van der Waals surface area (Å²) in [6, 6.07) is 0. The van der Waals surface area contributed by atoms with Crippen LogP contribution >= 0.6 is 15.9 Å². The Morgan fingerprint density at radius 2 is 2.43 bits per heavy atom. The molecule has 0 bridgehead atoms. The zero-order chi connectivity index (χ0) is 10.4. The van der Waals surface area contributed by atoms with E-state index in [9.17, 15) is 4.79 Å². The number of carbonyl (C=O) groups excluding carboxylic acids is 1. The van der Waals surface area contributed by atoms with E-state index in [4.69, 9.17) is 4.74 Å². The van der Waals surface area contributed by atoms with Crippen LogP contribution in [-0.2, 0) is 11.3 Å². The topological polar surface area (TPSA) is 44.1 Å². The number of rotatable bonds is 5. The molecule has 0 saturated heterocycles. The van der Waals surface area contributed by atoms with Gasteiger partial charge in [-0.2, -0.15) is 0 Å². The van der Waals surface area contributed by atoms with Gasteiger partial charge in [-0.25, -0.2) is 4.98 Å². The van der Waals surface area contributed by atoms with Crippen molar-refractivity contribution in [1.82, 2.24) is 9.55 Å². The number of aryl methyl sites for hydroxylation is 1. The summed E-state index contributed by atoms with van der Waals surface area (Å²) in [5, 5.41) is 1.01. The molecule has 5 heteroatoms. The van der Waals surface area contributed by atoms with Crippen LogP contribution in [0.5, 0.6) is 5.88 Å². The van der Waals surface area contributed by atoms with Gasteiger partial charge in [-0.1, -0.05) is 15.9 Å². The highest BCUT2D eigenvalue weighted by Gasteiger charge is 2.01. The standard InChI is InChI=1S/C9H13BrN2O2/c1-8(13)14-9-6-12(7-11-9)5-3-2-4-10/h6-7H,2-5H2,1H3. The predicted octanol–water partition coefficient (Wildman–Crippen LogP) is 1.98. The number of aromatic nitrogens is 2. The Hall–Kier alpha value is -0.840. The van der Waals surface area contributed by atoms with Gasteiger partial charge in [0.05, 0.1) is 12.5 Å². The van der Waals surface area contributed by atoms with E-state index in [1.807, 2.05) is 4.57 Å². The third-order valence-corrected chi connectivity index (χ3v) is 2.22. The molecule has 0 unspecified atom stereocenters. The number of alkyl halides is 1. The maximum atomic E-state index is 10.6. The monoisotopic (exact) mass is 260 g/mol. The fraction of sp³-hybridized carbons (Fsp3) is 0.556. The average molecular weight is 261 g/mol. The van der Waals surface area contributed by atoms with Gasteiger partial charge >= 0.3 is 5.97 Å². The lowest BCUT2D eigenvalue weighted by Crippen LogP contribution is -2.01. The summed E-state index contributed by atoms with van der Waals surface area (Å²) in [7, 11) is 0. The maximum absolute atomic E-state index is 10.6. The van der Waals surface area contributed by atoms with E-state index in [-0.39, 0.29) is 5.97 Å². The Morgan fingerprint density at radius 3 is 3.07 bits per heavy atom. The molecule has 0 aliphatic heterocycles. The molecule has 0 saturated carbocycles. The van der Waals surface area contributed by atoms with Crippen LogP contribution in [0, 0.1) is 0 Å². The first-order valence-electron chi connectivity index (χ1n) is 4.48. The number of unbranched alkanes of at least 4 members (excludes halogenated alkanes) is 1. The second-order valence-corrected chi connectivity index (χ2v) is 3.73. The summed E-state index contributed by atoms with van der Waals surface area (Å²) in [6.07, 6.45) is 5.62. The minimum absolute atomic E-state index is 0.337. The van der Waals surface area contributed by atoms with Gasteiger partial charge in [-0.15, -0.1) is 0 Å². The molecule has 1 rings (SSSR count). The van der Waals surface area contributed by atoms with Crippen molar-refractivity contribution in [1.29, 1.82) is 0 Å². The van der Waals surface area contributed by atoms with Crippen LogP contribution in [0.25, 0.3) is 0 Å². The van der Waals surface area contributed by atoms with E-state index in [2.05, 4.69) is 20.9 Å². The van der Waals surface area contributed by atoms with Crippen molar-refractivity contribution in [2.24, 2.45) is 0 Å². The van der Waals surface area contributed by atoms with Crippen molar-refractivity contribution in [3.8, 4) is 5.88 Å². The fourth-order valence-electron chi connectivity index (χ4n) is 1.05. The van der Waals surface area contributed by atoms with Gasteiger partial charge in [0.1, 0.15) is 0 Å². The molecular weight excluding hydrogens is 248 g/mol. The predicted molar refractivity (Wildman–Crippen MR) is 56.6 cm³/mol. The number of halogens is 1. The van der Waals surface area contributed by atoms with Crippen LogP contribution in [-0.4, -0.2) is 20.9 Å². The molecule has 78 valence electrons. The molecule has 0 fully saturated rings. The lowest BCUT2D eigenvalue weighted by Gasteiger charge is -1.98. The molecule has 0 aliphatic rings. The van der Waals surface area contributed by atoms with Gasteiger partial charge in [-0.3, -0.25) is 4.79 Å². The highest BCUT2D eigenvalue weighted by atomic mass is 79.9. The molecule has 0 amide bonds. The van der Waals surface area contributed by atoms with E-state index >= 15 is 0 Å². The molecule has 1 heterocycles. The van der Waals surface area contributed by atoms with Crippen molar-refractivity contribution in [2.45, 2.75) is 26.3 Å². The second kappa shape index (κ2) is 5.80. The van der Waals surface area contributed by atoms with Crippen LogP contribution in [0.3, 0.4) is 0 Å². The number of nitrogens with zero attached hydrogens (tertiary/aromatic N) is 2. The Labute approximate surface area is 91.4 Å². The molecule has 1 aromatic rings. The van der Waals surface area contributed by atoms with E-state index in [1.54, 1.807) is 12.5 Å². The van der Waals surface area contributed by atoms with Gasteiger partial charge in [0.2, 0.25) is 5.88 Å². The molecular formula is C9H13BrN2O2. The van der Waals surface area contributed by atoms with Crippen molar-refractivity contribution in [2.75, 3.05) is 5.33 Å².